The van der Waals surface area contributed by atoms with Crippen LogP contribution in [0.4, 0.5) is 21.8 Å². The number of nitrogens with one attached hydrogen (secondary N) is 1. The van der Waals surface area contributed by atoms with Crippen LogP contribution in [-0.2, 0) is 4.74 Å². The lowest BCUT2D eigenvalue weighted by molar-refractivity contribution is 0.134. The largest absolute Gasteiger partial charge is 0.383 e. The van der Waals surface area contributed by atoms with Crippen LogP contribution in [0.1, 0.15) is 36.2 Å². The van der Waals surface area contributed by atoms with Gasteiger partial charge in [0.15, 0.2) is 0 Å². The number of benzene rings is 1. The van der Waals surface area contributed by atoms with Crippen molar-refractivity contribution in [3.63, 3.8) is 0 Å². The van der Waals surface area contributed by atoms with Gasteiger partial charge in [-0.15, -0.1) is 0 Å². The molecular weight excluding hydrogens is 333 g/mol. The molecule has 0 spiro atoms. The van der Waals surface area contributed by atoms with E-state index in [1.54, 1.807) is 6.07 Å². The molecule has 3 rings (SSSR count). The number of hydrogen-bond acceptors (Lipinski definition) is 6. The Labute approximate surface area is 153 Å². The van der Waals surface area contributed by atoms with Gasteiger partial charge in [-0.25, -0.2) is 9.37 Å². The maximum Gasteiger partial charge on any atom is 0.222 e. The van der Waals surface area contributed by atoms with Crippen LogP contribution in [-0.4, -0.2) is 36.3 Å². The SMILES string of the molecule is CCNc1cc(C2COCCCN2c2cc(C)nc(N)n2)c(C)cc1F. The second-order valence-electron chi connectivity index (χ2n) is 6.58. The van der Waals surface area contributed by atoms with Crippen molar-refractivity contribution in [2.24, 2.45) is 0 Å². The molecule has 1 saturated heterocycles. The van der Waals surface area contributed by atoms with Crippen LogP contribution < -0.4 is 16.0 Å². The molecule has 1 aliphatic rings. The average molecular weight is 359 g/mol. The summed E-state index contributed by atoms with van der Waals surface area (Å²) in [5.74, 6) is 0.795. The molecule has 2 aromatic rings. The zero-order valence-electron chi connectivity index (χ0n) is 15.6. The van der Waals surface area contributed by atoms with Crippen molar-refractivity contribution in [3.8, 4) is 0 Å². The van der Waals surface area contributed by atoms with E-state index in [0.717, 1.165) is 35.6 Å². The van der Waals surface area contributed by atoms with Crippen molar-refractivity contribution in [3.05, 3.63) is 40.8 Å². The summed E-state index contributed by atoms with van der Waals surface area (Å²) in [7, 11) is 0. The summed E-state index contributed by atoms with van der Waals surface area (Å²) in [6, 6.07) is 5.33. The Balaban J connectivity index is 2.06. The standard InChI is InChI=1S/C19H26FN5O/c1-4-22-16-10-14(12(2)8-15(16)20)17-11-26-7-5-6-25(17)18-9-13(3)23-19(21)24-18/h8-10,17,22H,4-7,11H2,1-3H3,(H2,21,23,24). The molecule has 2 heterocycles. The molecule has 3 N–H and O–H groups in total. The van der Waals surface area contributed by atoms with Gasteiger partial charge in [-0.3, -0.25) is 0 Å². The van der Waals surface area contributed by atoms with Crippen LogP contribution in [0, 0.1) is 19.7 Å². The molecule has 26 heavy (non-hydrogen) atoms. The average Bonchev–Trinajstić information content (AvgIpc) is 2.82. The van der Waals surface area contributed by atoms with E-state index in [1.165, 1.54) is 0 Å². The second-order valence-corrected chi connectivity index (χ2v) is 6.58. The van der Waals surface area contributed by atoms with Gasteiger partial charge in [0.25, 0.3) is 0 Å². The highest BCUT2D eigenvalue weighted by molar-refractivity contribution is 5.54. The summed E-state index contributed by atoms with van der Waals surface area (Å²) >= 11 is 0. The minimum absolute atomic E-state index is 0.0655. The first-order valence-corrected chi connectivity index (χ1v) is 8.99. The molecule has 6 nitrogen and oxygen atoms in total. The summed E-state index contributed by atoms with van der Waals surface area (Å²) in [6.07, 6.45) is 0.889. The van der Waals surface area contributed by atoms with E-state index in [4.69, 9.17) is 10.5 Å². The number of ether oxygens (including phenoxy) is 1. The van der Waals surface area contributed by atoms with Crippen LogP contribution in [0.15, 0.2) is 18.2 Å². The summed E-state index contributed by atoms with van der Waals surface area (Å²) in [6.45, 7) is 8.42. The van der Waals surface area contributed by atoms with Crippen molar-refractivity contribution in [1.82, 2.24) is 9.97 Å². The van der Waals surface area contributed by atoms with E-state index >= 15 is 0 Å². The molecule has 7 heteroatoms. The number of nitrogen functional groups attached to an aromatic ring is 1. The summed E-state index contributed by atoms with van der Waals surface area (Å²) in [5, 5.41) is 3.09. The Kier molecular flexibility index (Phi) is 5.56. The number of rotatable bonds is 4. The van der Waals surface area contributed by atoms with Gasteiger partial charge in [-0.1, -0.05) is 0 Å². The minimum atomic E-state index is -0.240. The first-order chi connectivity index (χ1) is 12.5. The van der Waals surface area contributed by atoms with Gasteiger partial charge in [0.1, 0.15) is 11.6 Å². The monoisotopic (exact) mass is 359 g/mol. The van der Waals surface area contributed by atoms with E-state index in [1.807, 2.05) is 32.9 Å². The highest BCUT2D eigenvalue weighted by atomic mass is 19.1. The Morgan fingerprint density at radius 1 is 1.31 bits per heavy atom. The Morgan fingerprint density at radius 2 is 2.12 bits per heavy atom. The number of halogens is 1. The highest BCUT2D eigenvalue weighted by Crippen LogP contribution is 2.33. The van der Waals surface area contributed by atoms with E-state index in [9.17, 15) is 4.39 Å². The molecule has 0 bridgehead atoms. The number of hydrogen-bond donors (Lipinski definition) is 2. The zero-order chi connectivity index (χ0) is 18.7. The predicted octanol–water partition coefficient (Wildman–Crippen LogP) is 3.21. The van der Waals surface area contributed by atoms with Gasteiger partial charge in [0, 0.05) is 31.5 Å². The molecular formula is C19H26FN5O. The quantitative estimate of drug-likeness (QED) is 0.873. The normalized spacial score (nSPS) is 17.8. The fraction of sp³-hybridized carbons (Fsp3) is 0.474. The zero-order valence-corrected chi connectivity index (χ0v) is 15.6. The maximum atomic E-state index is 14.2. The van der Waals surface area contributed by atoms with E-state index < -0.39 is 0 Å². The van der Waals surface area contributed by atoms with Gasteiger partial charge in [0.05, 0.1) is 18.3 Å². The van der Waals surface area contributed by atoms with Gasteiger partial charge in [-0.05, 0) is 50.5 Å². The molecule has 0 radical (unpaired) electrons. The number of aryl methyl sites for hydroxylation is 2. The molecule has 1 aromatic heterocycles. The van der Waals surface area contributed by atoms with Crippen molar-refractivity contribution < 1.29 is 9.13 Å². The van der Waals surface area contributed by atoms with Gasteiger partial charge < -0.3 is 20.7 Å². The lowest BCUT2D eigenvalue weighted by Gasteiger charge is -2.32. The highest BCUT2D eigenvalue weighted by Gasteiger charge is 2.27. The first kappa shape index (κ1) is 18.4. The van der Waals surface area contributed by atoms with Crippen molar-refractivity contribution in [1.29, 1.82) is 0 Å². The predicted molar refractivity (Wildman–Crippen MR) is 102 cm³/mol. The molecule has 1 aromatic carbocycles. The van der Waals surface area contributed by atoms with Crippen LogP contribution in [0.5, 0.6) is 0 Å². The summed E-state index contributed by atoms with van der Waals surface area (Å²) < 4.78 is 20.1. The van der Waals surface area contributed by atoms with Crippen molar-refractivity contribution >= 4 is 17.5 Å². The maximum absolute atomic E-state index is 14.2. The lowest BCUT2D eigenvalue weighted by Crippen LogP contribution is -2.32. The van der Waals surface area contributed by atoms with Crippen LogP contribution in [0.2, 0.25) is 0 Å². The topological polar surface area (TPSA) is 76.3 Å². The molecule has 1 aliphatic heterocycles. The molecule has 1 unspecified atom stereocenters. The Bertz CT molecular complexity index is 763. The number of nitrogens with zero attached hydrogens (tertiary/aromatic N) is 3. The first-order valence-electron chi connectivity index (χ1n) is 8.99. The third-order valence-corrected chi connectivity index (χ3v) is 4.57. The number of nitrogens with two attached hydrogens (primary N) is 1. The molecule has 0 aliphatic carbocycles. The van der Waals surface area contributed by atoms with E-state index in [0.29, 0.717) is 25.4 Å². The summed E-state index contributed by atoms with van der Waals surface area (Å²) in [4.78, 5) is 10.8. The van der Waals surface area contributed by atoms with E-state index in [-0.39, 0.29) is 17.8 Å². The van der Waals surface area contributed by atoms with Gasteiger partial charge in [-0.2, -0.15) is 4.98 Å². The lowest BCUT2D eigenvalue weighted by atomic mass is 9.99. The molecule has 140 valence electrons. The fourth-order valence-electron chi connectivity index (χ4n) is 3.41. The third-order valence-electron chi connectivity index (χ3n) is 4.57. The molecule has 1 fully saturated rings. The van der Waals surface area contributed by atoms with Gasteiger partial charge in [0.2, 0.25) is 5.95 Å². The molecule has 0 amide bonds. The molecule has 0 saturated carbocycles. The number of anilines is 3. The van der Waals surface area contributed by atoms with Crippen molar-refractivity contribution in [2.75, 3.05) is 42.3 Å². The van der Waals surface area contributed by atoms with E-state index in [2.05, 4.69) is 20.2 Å². The second kappa shape index (κ2) is 7.86. The third kappa shape index (κ3) is 3.88. The van der Waals surface area contributed by atoms with Crippen LogP contribution >= 0.6 is 0 Å². The minimum Gasteiger partial charge on any atom is -0.383 e. The Morgan fingerprint density at radius 3 is 2.85 bits per heavy atom. The molecule has 1 atom stereocenters. The smallest absolute Gasteiger partial charge is 0.222 e. The van der Waals surface area contributed by atoms with Crippen molar-refractivity contribution in [2.45, 2.75) is 33.2 Å². The van der Waals surface area contributed by atoms with Gasteiger partial charge >= 0.3 is 0 Å². The Hall–Kier alpha value is -2.41. The summed E-state index contributed by atoms with van der Waals surface area (Å²) in [5.41, 5.74) is 9.11. The van der Waals surface area contributed by atoms with Crippen LogP contribution in [0.25, 0.3) is 0 Å². The van der Waals surface area contributed by atoms with Crippen LogP contribution in [0.3, 0.4) is 0 Å². The fourth-order valence-corrected chi connectivity index (χ4v) is 3.41. The number of aromatic nitrogens is 2.